The average Bonchev–Trinajstić information content (AvgIpc) is 2.68. The number of halogens is 1. The number of piperidine rings is 1. The maximum Gasteiger partial charge on any atom is 0.308 e. The zero-order valence-electron chi connectivity index (χ0n) is 16.9. The Balaban J connectivity index is 0.00000392. The van der Waals surface area contributed by atoms with Crippen molar-refractivity contribution < 1.29 is 14.3 Å². The third-order valence-electron chi connectivity index (χ3n) is 4.60. The van der Waals surface area contributed by atoms with Gasteiger partial charge in [-0.1, -0.05) is 12.1 Å². The number of nitrogens with one attached hydrogen (secondary N) is 2. The van der Waals surface area contributed by atoms with E-state index in [1.165, 1.54) is 19.6 Å². The normalized spacial score (nSPS) is 14.8. The minimum atomic E-state index is -0.112. The van der Waals surface area contributed by atoms with Gasteiger partial charge in [0.25, 0.3) is 0 Å². The number of methoxy groups -OCH3 is 1. The fraction of sp³-hybridized carbons (Fsp3) is 0.550. The fourth-order valence-corrected chi connectivity index (χ4v) is 3.17. The second-order valence-electron chi connectivity index (χ2n) is 6.65. The number of nitrogens with zero attached hydrogens (tertiary/aromatic N) is 2. The number of anilines is 1. The van der Waals surface area contributed by atoms with Crippen LogP contribution in [0, 0.1) is 5.92 Å². The van der Waals surface area contributed by atoms with Crippen LogP contribution >= 0.6 is 24.0 Å². The van der Waals surface area contributed by atoms with Crippen LogP contribution in [0.4, 0.5) is 5.69 Å². The standard InChI is InChI=1S/C20H30N4O3.HI/c1-4-21-20(24-13-10-17(11-14-24)19(26)27-3)22-12-9-16-5-7-18(8-6-16)23-15(2)25;/h5-8,17H,4,9-14H2,1-3H3,(H,21,22)(H,23,25);1H. The molecule has 8 heteroatoms. The number of hydrogen-bond acceptors (Lipinski definition) is 4. The van der Waals surface area contributed by atoms with Crippen LogP contribution in [0.2, 0.25) is 0 Å². The highest BCUT2D eigenvalue weighted by Gasteiger charge is 2.26. The molecule has 1 heterocycles. The first-order valence-electron chi connectivity index (χ1n) is 9.51. The quantitative estimate of drug-likeness (QED) is 0.271. The molecule has 0 unspecified atom stereocenters. The Morgan fingerprint density at radius 1 is 1.21 bits per heavy atom. The molecule has 0 atom stereocenters. The summed E-state index contributed by atoms with van der Waals surface area (Å²) in [6.07, 6.45) is 2.41. The highest BCUT2D eigenvalue weighted by molar-refractivity contribution is 14.0. The van der Waals surface area contributed by atoms with Crippen LogP contribution in [0.5, 0.6) is 0 Å². The second kappa shape index (κ2) is 12.6. The molecular weight excluding hydrogens is 471 g/mol. The maximum atomic E-state index is 11.7. The first-order chi connectivity index (χ1) is 13.0. The lowest BCUT2D eigenvalue weighted by atomic mass is 9.97. The van der Waals surface area contributed by atoms with Gasteiger partial charge in [0.15, 0.2) is 5.96 Å². The van der Waals surface area contributed by atoms with E-state index in [0.29, 0.717) is 6.54 Å². The van der Waals surface area contributed by atoms with E-state index in [9.17, 15) is 9.59 Å². The Morgan fingerprint density at radius 3 is 2.39 bits per heavy atom. The minimum absolute atomic E-state index is 0. The number of carbonyl (C=O) groups is 2. The number of esters is 1. The zero-order chi connectivity index (χ0) is 19.6. The molecule has 1 aromatic rings. The maximum absolute atomic E-state index is 11.7. The van der Waals surface area contributed by atoms with Gasteiger partial charge in [-0.15, -0.1) is 24.0 Å². The lowest BCUT2D eigenvalue weighted by Crippen LogP contribution is -2.46. The molecule has 1 fully saturated rings. The monoisotopic (exact) mass is 502 g/mol. The summed E-state index contributed by atoms with van der Waals surface area (Å²) in [6.45, 7) is 6.64. The van der Waals surface area contributed by atoms with Crippen molar-refractivity contribution in [2.75, 3.05) is 38.6 Å². The predicted molar refractivity (Wildman–Crippen MR) is 122 cm³/mol. The number of guanidine groups is 1. The van der Waals surface area contributed by atoms with Crippen molar-refractivity contribution in [3.63, 3.8) is 0 Å². The van der Waals surface area contributed by atoms with E-state index >= 15 is 0 Å². The Bertz CT molecular complexity index is 656. The van der Waals surface area contributed by atoms with Gasteiger partial charge < -0.3 is 20.3 Å². The van der Waals surface area contributed by atoms with Gasteiger partial charge in [0, 0.05) is 38.8 Å². The summed E-state index contributed by atoms with van der Waals surface area (Å²) in [6, 6.07) is 7.83. The van der Waals surface area contributed by atoms with Crippen LogP contribution in [-0.4, -0.2) is 56.0 Å². The van der Waals surface area contributed by atoms with Gasteiger partial charge in [-0.05, 0) is 43.9 Å². The Morgan fingerprint density at radius 2 is 1.86 bits per heavy atom. The van der Waals surface area contributed by atoms with Crippen molar-refractivity contribution in [1.82, 2.24) is 10.2 Å². The predicted octanol–water partition coefficient (Wildman–Crippen LogP) is 2.66. The highest BCUT2D eigenvalue weighted by Crippen LogP contribution is 2.18. The first kappa shape index (κ1) is 24.2. The number of likely N-dealkylation sites (tertiary alicyclic amines) is 1. The second-order valence-corrected chi connectivity index (χ2v) is 6.65. The van der Waals surface area contributed by atoms with Gasteiger partial charge in [-0.3, -0.25) is 14.6 Å². The topological polar surface area (TPSA) is 83.0 Å². The van der Waals surface area contributed by atoms with E-state index in [1.807, 2.05) is 24.3 Å². The molecule has 0 spiro atoms. The van der Waals surface area contributed by atoms with Crippen molar-refractivity contribution in [1.29, 1.82) is 0 Å². The molecule has 1 aliphatic heterocycles. The number of ether oxygens (including phenoxy) is 1. The molecule has 28 heavy (non-hydrogen) atoms. The van der Waals surface area contributed by atoms with Gasteiger partial charge in [0.2, 0.25) is 5.91 Å². The van der Waals surface area contributed by atoms with E-state index in [0.717, 1.165) is 50.5 Å². The summed E-state index contributed by atoms with van der Waals surface area (Å²) in [5.74, 6) is 0.713. The van der Waals surface area contributed by atoms with Gasteiger partial charge in [-0.25, -0.2) is 0 Å². The molecule has 1 aliphatic rings. The number of hydrogen-bond donors (Lipinski definition) is 2. The number of amides is 1. The summed E-state index contributed by atoms with van der Waals surface area (Å²) < 4.78 is 4.85. The van der Waals surface area contributed by atoms with Crippen molar-refractivity contribution in [3.05, 3.63) is 29.8 Å². The van der Waals surface area contributed by atoms with E-state index in [1.54, 1.807) is 0 Å². The SMILES string of the molecule is CCNC(=NCCc1ccc(NC(C)=O)cc1)N1CCC(C(=O)OC)CC1.I. The fourth-order valence-electron chi connectivity index (χ4n) is 3.17. The molecule has 7 nitrogen and oxygen atoms in total. The lowest BCUT2D eigenvalue weighted by molar-refractivity contribution is -0.146. The summed E-state index contributed by atoms with van der Waals surface area (Å²) in [5, 5.41) is 6.11. The lowest BCUT2D eigenvalue weighted by Gasteiger charge is -2.33. The largest absolute Gasteiger partial charge is 0.469 e. The highest BCUT2D eigenvalue weighted by atomic mass is 127. The van der Waals surface area contributed by atoms with Crippen molar-refractivity contribution in [3.8, 4) is 0 Å². The van der Waals surface area contributed by atoms with E-state index < -0.39 is 0 Å². The number of carbonyl (C=O) groups excluding carboxylic acids is 2. The molecule has 2 rings (SSSR count). The molecular formula is C20H31IN4O3. The smallest absolute Gasteiger partial charge is 0.308 e. The minimum Gasteiger partial charge on any atom is -0.469 e. The van der Waals surface area contributed by atoms with Gasteiger partial charge in [0.05, 0.1) is 13.0 Å². The van der Waals surface area contributed by atoms with E-state index in [-0.39, 0.29) is 41.8 Å². The number of benzene rings is 1. The number of rotatable bonds is 6. The average molecular weight is 502 g/mol. The molecule has 0 saturated carbocycles. The van der Waals surface area contributed by atoms with E-state index in [2.05, 4.69) is 22.5 Å². The van der Waals surface area contributed by atoms with Crippen LogP contribution in [0.25, 0.3) is 0 Å². The summed E-state index contributed by atoms with van der Waals surface area (Å²) >= 11 is 0. The van der Waals surface area contributed by atoms with Crippen LogP contribution in [0.15, 0.2) is 29.3 Å². The Hall–Kier alpha value is -1.84. The van der Waals surface area contributed by atoms with Crippen molar-refractivity contribution in [2.24, 2.45) is 10.9 Å². The van der Waals surface area contributed by atoms with Crippen molar-refractivity contribution >= 4 is 47.5 Å². The molecule has 156 valence electrons. The van der Waals surface area contributed by atoms with Crippen LogP contribution in [-0.2, 0) is 20.7 Å². The third kappa shape index (κ3) is 7.65. The summed E-state index contributed by atoms with van der Waals surface area (Å²) in [5.41, 5.74) is 1.98. The molecule has 1 aromatic carbocycles. The van der Waals surface area contributed by atoms with Crippen LogP contribution < -0.4 is 10.6 Å². The molecule has 0 aromatic heterocycles. The first-order valence-corrected chi connectivity index (χ1v) is 9.51. The van der Waals surface area contributed by atoms with Gasteiger partial charge in [0.1, 0.15) is 0 Å². The van der Waals surface area contributed by atoms with Gasteiger partial charge >= 0.3 is 5.97 Å². The Kier molecular flexibility index (Phi) is 10.9. The molecule has 2 N–H and O–H groups in total. The Labute approximate surface area is 184 Å². The third-order valence-corrected chi connectivity index (χ3v) is 4.60. The number of aliphatic imine (C=N–C) groups is 1. The molecule has 0 radical (unpaired) electrons. The van der Waals surface area contributed by atoms with Crippen molar-refractivity contribution in [2.45, 2.75) is 33.1 Å². The van der Waals surface area contributed by atoms with E-state index in [4.69, 9.17) is 9.73 Å². The van der Waals surface area contributed by atoms with Crippen LogP contribution in [0.1, 0.15) is 32.3 Å². The summed E-state index contributed by atoms with van der Waals surface area (Å²) in [7, 11) is 1.45. The molecule has 0 aliphatic carbocycles. The molecule has 1 amide bonds. The molecule has 0 bridgehead atoms. The summed E-state index contributed by atoms with van der Waals surface area (Å²) in [4.78, 5) is 29.7. The molecule has 1 saturated heterocycles. The zero-order valence-corrected chi connectivity index (χ0v) is 19.2. The van der Waals surface area contributed by atoms with Gasteiger partial charge in [-0.2, -0.15) is 0 Å². The van der Waals surface area contributed by atoms with Crippen LogP contribution in [0.3, 0.4) is 0 Å².